The second-order valence-corrected chi connectivity index (χ2v) is 6.61. The minimum atomic E-state index is -0.972. The number of nitrogens with one attached hydrogen (secondary N) is 1. The number of carbonyl (C=O) groups is 3. The molecule has 158 valence electrons. The average Bonchev–Trinajstić information content (AvgIpc) is 2.97. The molecular weight excluding hydrogens is 390 g/mol. The summed E-state index contributed by atoms with van der Waals surface area (Å²) in [5.74, 6) is -0.930. The molecule has 9 nitrogen and oxygen atoms in total. The van der Waals surface area contributed by atoms with Crippen LogP contribution in [0.2, 0.25) is 0 Å². The van der Waals surface area contributed by atoms with Crippen LogP contribution in [0.25, 0.3) is 0 Å². The van der Waals surface area contributed by atoms with Gasteiger partial charge in [-0.25, -0.2) is 5.48 Å². The maximum absolute atomic E-state index is 13.0. The van der Waals surface area contributed by atoms with E-state index in [9.17, 15) is 14.4 Å². The van der Waals surface area contributed by atoms with E-state index in [4.69, 9.17) is 20.4 Å². The van der Waals surface area contributed by atoms with E-state index in [0.717, 1.165) is 4.90 Å². The second kappa shape index (κ2) is 8.83. The van der Waals surface area contributed by atoms with Gasteiger partial charge in [-0.05, 0) is 49.7 Å². The molecule has 4 N–H and O–H groups in total. The van der Waals surface area contributed by atoms with Crippen molar-refractivity contribution in [3.63, 3.8) is 0 Å². The van der Waals surface area contributed by atoms with Gasteiger partial charge in [-0.2, -0.15) is 0 Å². The van der Waals surface area contributed by atoms with Gasteiger partial charge in [0.05, 0.1) is 36.8 Å². The molecule has 30 heavy (non-hydrogen) atoms. The lowest BCUT2D eigenvalue weighted by atomic mass is 10.0. The Hall–Kier alpha value is -3.59. The van der Waals surface area contributed by atoms with Gasteiger partial charge in [0.1, 0.15) is 0 Å². The molecule has 1 heterocycles. The van der Waals surface area contributed by atoms with Crippen molar-refractivity contribution in [3.8, 4) is 11.5 Å². The van der Waals surface area contributed by atoms with E-state index in [0.29, 0.717) is 36.0 Å². The van der Waals surface area contributed by atoms with E-state index in [1.165, 1.54) is 18.2 Å². The first-order valence-electron chi connectivity index (χ1n) is 9.51. The molecule has 0 aliphatic carbocycles. The number of fused-ring (bicyclic) bond motifs is 1. The predicted octanol–water partition coefficient (Wildman–Crippen LogP) is 2.30. The number of hydrogen-bond donors (Lipinski definition) is 3. The van der Waals surface area contributed by atoms with Crippen LogP contribution in [-0.2, 0) is 4.79 Å². The van der Waals surface area contributed by atoms with Gasteiger partial charge in [-0.15, -0.1) is 0 Å². The number of ether oxygens (including phenoxy) is 2. The first kappa shape index (κ1) is 21.1. The summed E-state index contributed by atoms with van der Waals surface area (Å²) < 4.78 is 11.2. The molecule has 0 bridgehead atoms. The van der Waals surface area contributed by atoms with Gasteiger partial charge in [0.25, 0.3) is 11.8 Å². The molecule has 0 spiro atoms. The van der Waals surface area contributed by atoms with E-state index in [1.807, 2.05) is 13.8 Å². The summed E-state index contributed by atoms with van der Waals surface area (Å²) in [4.78, 5) is 39.0. The van der Waals surface area contributed by atoms with Crippen molar-refractivity contribution < 1.29 is 29.1 Å². The monoisotopic (exact) mass is 413 g/mol. The maximum atomic E-state index is 13.0. The Morgan fingerprint density at radius 3 is 2.37 bits per heavy atom. The minimum Gasteiger partial charge on any atom is -0.490 e. The molecule has 3 rings (SSSR count). The molecule has 1 atom stereocenters. The summed E-state index contributed by atoms with van der Waals surface area (Å²) in [5, 5.41) is 9.02. The fraction of sp³-hybridized carbons (Fsp3) is 0.286. The summed E-state index contributed by atoms with van der Waals surface area (Å²) >= 11 is 0. The highest BCUT2D eigenvalue weighted by molar-refractivity contribution is 6.22. The minimum absolute atomic E-state index is 0.172. The van der Waals surface area contributed by atoms with E-state index in [1.54, 1.807) is 23.7 Å². The summed E-state index contributed by atoms with van der Waals surface area (Å²) in [6.45, 7) is 4.45. The molecule has 0 fully saturated rings. The molecule has 3 amide bonds. The normalized spacial score (nSPS) is 13.8. The summed E-state index contributed by atoms with van der Waals surface area (Å²) in [5.41, 5.74) is 8.53. The number of hydroxylamine groups is 1. The van der Waals surface area contributed by atoms with Crippen molar-refractivity contribution in [2.45, 2.75) is 26.3 Å². The van der Waals surface area contributed by atoms with Gasteiger partial charge in [0, 0.05) is 5.69 Å². The molecule has 2 aromatic carbocycles. The van der Waals surface area contributed by atoms with E-state index >= 15 is 0 Å². The molecule has 9 heteroatoms. The summed E-state index contributed by atoms with van der Waals surface area (Å²) in [7, 11) is 0. The number of benzene rings is 2. The Morgan fingerprint density at radius 1 is 1.03 bits per heavy atom. The van der Waals surface area contributed by atoms with Crippen molar-refractivity contribution in [2.75, 3.05) is 18.9 Å². The van der Waals surface area contributed by atoms with Crippen LogP contribution in [0.15, 0.2) is 36.4 Å². The number of anilines is 1. The number of carbonyl (C=O) groups excluding carboxylic acids is 3. The largest absolute Gasteiger partial charge is 0.490 e. The molecule has 1 aliphatic heterocycles. The van der Waals surface area contributed by atoms with Crippen molar-refractivity contribution in [3.05, 3.63) is 53.1 Å². The zero-order valence-corrected chi connectivity index (χ0v) is 16.7. The molecule has 0 radical (unpaired) electrons. The van der Waals surface area contributed by atoms with Gasteiger partial charge in [-0.1, -0.05) is 6.07 Å². The Morgan fingerprint density at radius 2 is 1.70 bits per heavy atom. The molecular formula is C21H23N3O6. The molecule has 0 saturated heterocycles. The van der Waals surface area contributed by atoms with E-state index in [-0.39, 0.29) is 17.5 Å². The Balaban J connectivity index is 2.06. The van der Waals surface area contributed by atoms with Crippen LogP contribution in [0, 0.1) is 0 Å². The van der Waals surface area contributed by atoms with Gasteiger partial charge in [-0.3, -0.25) is 24.5 Å². The Kier molecular flexibility index (Phi) is 6.22. The lowest BCUT2D eigenvalue weighted by Crippen LogP contribution is -2.37. The fourth-order valence-corrected chi connectivity index (χ4v) is 3.41. The number of rotatable bonds is 8. The van der Waals surface area contributed by atoms with Crippen LogP contribution >= 0.6 is 0 Å². The smallest absolute Gasteiger partial charge is 0.262 e. The topological polar surface area (TPSA) is 131 Å². The van der Waals surface area contributed by atoms with Crippen molar-refractivity contribution >= 4 is 23.4 Å². The van der Waals surface area contributed by atoms with Crippen LogP contribution in [0.5, 0.6) is 11.5 Å². The summed E-state index contributed by atoms with van der Waals surface area (Å²) in [6.07, 6.45) is -0.336. The number of imide groups is 1. The fourth-order valence-electron chi connectivity index (χ4n) is 3.41. The van der Waals surface area contributed by atoms with Crippen molar-refractivity contribution in [1.82, 2.24) is 10.4 Å². The maximum Gasteiger partial charge on any atom is 0.262 e. The standard InChI is InChI=1S/C21H23N3O6/c1-3-29-17-8-5-12(9-18(17)30-4-2)16(11-19(25)23-28)24-20(26)14-7-6-13(22)10-15(14)21(24)27/h5-10,16,28H,3-4,11,22H2,1-2H3,(H,23,25). The first-order valence-corrected chi connectivity index (χ1v) is 9.51. The molecule has 0 saturated carbocycles. The zero-order valence-electron chi connectivity index (χ0n) is 16.7. The Bertz CT molecular complexity index is 991. The number of amides is 3. The van der Waals surface area contributed by atoms with Gasteiger partial charge < -0.3 is 15.2 Å². The summed E-state index contributed by atoms with van der Waals surface area (Å²) in [6, 6.07) is 8.42. The SMILES string of the molecule is CCOc1ccc(C(CC(=O)NO)N2C(=O)c3ccc(N)cc3C2=O)cc1OCC. The van der Waals surface area contributed by atoms with Gasteiger partial charge in [0.2, 0.25) is 5.91 Å². The van der Waals surface area contributed by atoms with Crippen molar-refractivity contribution in [2.24, 2.45) is 0 Å². The first-order chi connectivity index (χ1) is 14.4. The predicted molar refractivity (Wildman–Crippen MR) is 107 cm³/mol. The van der Waals surface area contributed by atoms with E-state index in [2.05, 4.69) is 0 Å². The molecule has 1 unspecified atom stereocenters. The average molecular weight is 413 g/mol. The van der Waals surface area contributed by atoms with Crippen LogP contribution in [-0.4, -0.2) is 41.0 Å². The number of hydrogen-bond acceptors (Lipinski definition) is 7. The third-order valence-electron chi connectivity index (χ3n) is 4.71. The van der Waals surface area contributed by atoms with Crippen molar-refractivity contribution in [1.29, 1.82) is 0 Å². The lowest BCUT2D eigenvalue weighted by Gasteiger charge is -2.26. The third kappa shape index (κ3) is 3.92. The molecule has 2 aromatic rings. The second-order valence-electron chi connectivity index (χ2n) is 6.61. The molecule has 0 aromatic heterocycles. The number of nitrogens with two attached hydrogens (primary N) is 1. The highest BCUT2D eigenvalue weighted by Crippen LogP contribution is 2.38. The lowest BCUT2D eigenvalue weighted by molar-refractivity contribution is -0.130. The van der Waals surface area contributed by atoms with Crippen LogP contribution in [0.3, 0.4) is 0 Å². The van der Waals surface area contributed by atoms with Gasteiger partial charge in [0.15, 0.2) is 11.5 Å². The Labute approximate surface area is 173 Å². The quantitative estimate of drug-likeness (QED) is 0.262. The van der Waals surface area contributed by atoms with Crippen LogP contribution in [0.4, 0.5) is 5.69 Å². The highest BCUT2D eigenvalue weighted by atomic mass is 16.5. The number of nitrogens with zero attached hydrogens (tertiary/aromatic N) is 1. The molecule has 1 aliphatic rings. The van der Waals surface area contributed by atoms with Gasteiger partial charge >= 0.3 is 0 Å². The van der Waals surface area contributed by atoms with Crippen LogP contribution < -0.4 is 20.7 Å². The zero-order chi connectivity index (χ0) is 21.8. The van der Waals surface area contributed by atoms with Crippen LogP contribution in [0.1, 0.15) is 52.6 Å². The highest BCUT2D eigenvalue weighted by Gasteiger charge is 2.41. The third-order valence-corrected chi connectivity index (χ3v) is 4.71. The van der Waals surface area contributed by atoms with E-state index < -0.39 is 23.8 Å². The number of nitrogen functional groups attached to an aromatic ring is 1.